The van der Waals surface area contributed by atoms with E-state index in [0.717, 1.165) is 6.07 Å². The quantitative estimate of drug-likeness (QED) is 0.736. The molecule has 0 fully saturated rings. The van der Waals surface area contributed by atoms with Crippen molar-refractivity contribution in [3.63, 3.8) is 0 Å². The first-order valence-corrected chi connectivity index (χ1v) is 7.94. The van der Waals surface area contributed by atoms with Crippen molar-refractivity contribution in [2.45, 2.75) is 25.4 Å². The summed E-state index contributed by atoms with van der Waals surface area (Å²) in [6.07, 6.45) is 0.116. The van der Waals surface area contributed by atoms with E-state index in [1.807, 2.05) is 6.07 Å². The van der Waals surface area contributed by atoms with Gasteiger partial charge in [-0.1, -0.05) is 24.3 Å². The van der Waals surface area contributed by atoms with Crippen molar-refractivity contribution in [3.05, 3.63) is 65.5 Å². The second kappa shape index (κ2) is 8.62. The van der Waals surface area contributed by atoms with Crippen molar-refractivity contribution < 1.29 is 19.1 Å². The summed E-state index contributed by atoms with van der Waals surface area (Å²) in [5.74, 6) is -1.91. The summed E-state index contributed by atoms with van der Waals surface area (Å²) < 4.78 is 13.8. The van der Waals surface area contributed by atoms with Crippen molar-refractivity contribution in [1.82, 2.24) is 10.6 Å². The van der Waals surface area contributed by atoms with Gasteiger partial charge in [0.1, 0.15) is 23.7 Å². The van der Waals surface area contributed by atoms with E-state index in [0.29, 0.717) is 5.56 Å². The molecule has 2 aromatic carbocycles. The second-order valence-corrected chi connectivity index (χ2v) is 5.74. The summed E-state index contributed by atoms with van der Waals surface area (Å²) in [6, 6.07) is 11.7. The van der Waals surface area contributed by atoms with Crippen LogP contribution in [0.15, 0.2) is 48.5 Å². The Morgan fingerprint density at radius 1 is 1.15 bits per heavy atom. The molecule has 0 spiro atoms. The molecular formula is C19H18FN3O3. The summed E-state index contributed by atoms with van der Waals surface area (Å²) in [5, 5.41) is 23.2. The van der Waals surface area contributed by atoms with E-state index in [4.69, 9.17) is 5.26 Å². The van der Waals surface area contributed by atoms with Crippen LogP contribution in [-0.2, 0) is 11.2 Å². The number of nitrogens with zero attached hydrogens (tertiary/aromatic N) is 1. The molecule has 134 valence electrons. The van der Waals surface area contributed by atoms with Gasteiger partial charge in [-0.15, -0.1) is 0 Å². The average Bonchev–Trinajstić information content (AvgIpc) is 2.63. The number of hydrogen-bond acceptors (Lipinski definition) is 4. The van der Waals surface area contributed by atoms with E-state index < -0.39 is 29.7 Å². The standard InChI is InChI=1S/C19H18FN3O3/c1-12(11-21)22-19(26)17(10-13-6-8-14(24)9-7-13)23-18(25)15-4-2-3-5-16(15)20/h2-9,12,17,24H,10H2,1H3,(H,22,26)(H,23,25). The third-order valence-electron chi connectivity index (χ3n) is 3.67. The second-order valence-electron chi connectivity index (χ2n) is 5.74. The first-order valence-electron chi connectivity index (χ1n) is 7.94. The molecule has 0 heterocycles. The van der Waals surface area contributed by atoms with Gasteiger partial charge in [0.25, 0.3) is 5.91 Å². The number of carbonyl (C=O) groups is 2. The number of benzene rings is 2. The van der Waals surface area contributed by atoms with Crippen molar-refractivity contribution in [1.29, 1.82) is 5.26 Å². The largest absolute Gasteiger partial charge is 0.508 e. The Labute approximate surface area is 150 Å². The molecule has 0 aliphatic rings. The first kappa shape index (κ1) is 18.9. The van der Waals surface area contributed by atoms with Crippen molar-refractivity contribution >= 4 is 11.8 Å². The fourth-order valence-electron chi connectivity index (χ4n) is 2.30. The van der Waals surface area contributed by atoms with Crippen LogP contribution in [0, 0.1) is 17.1 Å². The van der Waals surface area contributed by atoms with Gasteiger partial charge < -0.3 is 15.7 Å². The number of halogens is 1. The number of hydrogen-bond donors (Lipinski definition) is 3. The SMILES string of the molecule is CC(C#N)NC(=O)C(Cc1ccc(O)cc1)NC(=O)c1ccccc1F. The minimum Gasteiger partial charge on any atom is -0.508 e. The number of amides is 2. The Kier molecular flexibility index (Phi) is 6.28. The molecule has 3 N–H and O–H groups in total. The van der Waals surface area contributed by atoms with Gasteiger partial charge in [-0.2, -0.15) is 5.26 Å². The molecule has 0 saturated carbocycles. The summed E-state index contributed by atoms with van der Waals surface area (Å²) in [7, 11) is 0. The molecule has 2 aromatic rings. The number of nitriles is 1. The lowest BCUT2D eigenvalue weighted by Crippen LogP contribution is -2.50. The highest BCUT2D eigenvalue weighted by atomic mass is 19.1. The van der Waals surface area contributed by atoms with Gasteiger partial charge in [0.05, 0.1) is 11.6 Å². The van der Waals surface area contributed by atoms with Gasteiger partial charge in [0.2, 0.25) is 5.91 Å². The van der Waals surface area contributed by atoms with Crippen LogP contribution in [0.4, 0.5) is 4.39 Å². The monoisotopic (exact) mass is 355 g/mol. The highest BCUT2D eigenvalue weighted by Gasteiger charge is 2.24. The van der Waals surface area contributed by atoms with Crippen molar-refractivity contribution in [3.8, 4) is 11.8 Å². The molecule has 26 heavy (non-hydrogen) atoms. The number of nitrogens with one attached hydrogen (secondary N) is 2. The molecule has 0 radical (unpaired) electrons. The van der Waals surface area contributed by atoms with Gasteiger partial charge in [-0.3, -0.25) is 9.59 Å². The number of aromatic hydroxyl groups is 1. The molecule has 2 rings (SSSR count). The zero-order valence-electron chi connectivity index (χ0n) is 14.1. The third-order valence-corrected chi connectivity index (χ3v) is 3.67. The smallest absolute Gasteiger partial charge is 0.254 e. The zero-order chi connectivity index (χ0) is 19.1. The van der Waals surface area contributed by atoms with E-state index in [9.17, 15) is 19.1 Å². The Balaban J connectivity index is 2.20. The fourth-order valence-corrected chi connectivity index (χ4v) is 2.30. The van der Waals surface area contributed by atoms with E-state index in [1.54, 1.807) is 12.1 Å². The maximum absolute atomic E-state index is 13.8. The fraction of sp³-hybridized carbons (Fsp3) is 0.211. The minimum atomic E-state index is -1.01. The van der Waals surface area contributed by atoms with Crippen molar-refractivity contribution in [2.24, 2.45) is 0 Å². The van der Waals surface area contributed by atoms with Crippen LogP contribution in [0.25, 0.3) is 0 Å². The van der Waals surface area contributed by atoms with E-state index in [2.05, 4.69) is 10.6 Å². The number of carbonyl (C=O) groups excluding carboxylic acids is 2. The summed E-state index contributed by atoms with van der Waals surface area (Å²) >= 11 is 0. The predicted octanol–water partition coefficient (Wildman–Crippen LogP) is 1.90. The summed E-state index contributed by atoms with van der Waals surface area (Å²) in [6.45, 7) is 1.51. The molecule has 2 unspecified atom stereocenters. The topological polar surface area (TPSA) is 102 Å². The maximum Gasteiger partial charge on any atom is 0.254 e. The van der Waals surface area contributed by atoms with Crippen LogP contribution >= 0.6 is 0 Å². The first-order chi connectivity index (χ1) is 12.4. The van der Waals surface area contributed by atoms with Crippen molar-refractivity contribution in [2.75, 3.05) is 0 Å². The normalized spacial score (nSPS) is 12.5. The van der Waals surface area contributed by atoms with Gasteiger partial charge in [0.15, 0.2) is 0 Å². The van der Waals surface area contributed by atoms with Crippen LogP contribution in [-0.4, -0.2) is 29.0 Å². The molecule has 0 aliphatic carbocycles. The average molecular weight is 355 g/mol. The van der Waals surface area contributed by atoms with Gasteiger partial charge in [-0.25, -0.2) is 4.39 Å². The van der Waals surface area contributed by atoms with Crippen LogP contribution in [0.5, 0.6) is 5.75 Å². The molecule has 0 aromatic heterocycles. The van der Waals surface area contributed by atoms with Crippen LogP contribution in [0.1, 0.15) is 22.8 Å². The van der Waals surface area contributed by atoms with Gasteiger partial charge >= 0.3 is 0 Å². The lowest BCUT2D eigenvalue weighted by molar-refractivity contribution is -0.123. The van der Waals surface area contributed by atoms with Gasteiger partial charge in [0, 0.05) is 6.42 Å². The molecule has 2 amide bonds. The van der Waals surface area contributed by atoms with E-state index >= 15 is 0 Å². The van der Waals surface area contributed by atoms with E-state index in [-0.39, 0.29) is 17.7 Å². The number of rotatable bonds is 6. The molecule has 0 bridgehead atoms. The molecule has 7 heteroatoms. The number of phenolic OH excluding ortho intramolecular Hbond substituents is 1. The van der Waals surface area contributed by atoms with Crippen LogP contribution in [0.3, 0.4) is 0 Å². The molecule has 0 saturated heterocycles. The summed E-state index contributed by atoms with van der Waals surface area (Å²) in [4.78, 5) is 24.8. The summed E-state index contributed by atoms with van der Waals surface area (Å²) in [5.41, 5.74) is 0.505. The Hall–Kier alpha value is -3.40. The minimum absolute atomic E-state index is 0.0725. The molecular weight excluding hydrogens is 337 g/mol. The lowest BCUT2D eigenvalue weighted by Gasteiger charge is -2.19. The zero-order valence-corrected chi connectivity index (χ0v) is 14.1. The Morgan fingerprint density at radius 2 is 1.81 bits per heavy atom. The molecule has 2 atom stereocenters. The molecule has 6 nitrogen and oxygen atoms in total. The van der Waals surface area contributed by atoms with Gasteiger partial charge in [-0.05, 0) is 36.8 Å². The number of phenols is 1. The lowest BCUT2D eigenvalue weighted by atomic mass is 10.0. The van der Waals surface area contributed by atoms with Crippen LogP contribution < -0.4 is 10.6 Å². The highest BCUT2D eigenvalue weighted by Crippen LogP contribution is 2.12. The molecule has 0 aliphatic heterocycles. The highest BCUT2D eigenvalue weighted by molar-refractivity contribution is 5.97. The van der Waals surface area contributed by atoms with E-state index in [1.165, 1.54) is 37.3 Å². The third kappa shape index (κ3) is 5.05. The van der Waals surface area contributed by atoms with Crippen LogP contribution in [0.2, 0.25) is 0 Å². The predicted molar refractivity (Wildman–Crippen MR) is 92.7 cm³/mol. The maximum atomic E-state index is 13.8. The Morgan fingerprint density at radius 3 is 2.42 bits per heavy atom. The Bertz CT molecular complexity index is 831.